The molecule has 98 valence electrons. The Labute approximate surface area is 110 Å². The van der Waals surface area contributed by atoms with Crippen LogP contribution in [0.15, 0.2) is 39.8 Å². The van der Waals surface area contributed by atoms with Crippen LogP contribution in [0.1, 0.15) is 5.56 Å². The fraction of sp³-hybridized carbons (Fsp3) is 0.167. The predicted octanol–water partition coefficient (Wildman–Crippen LogP) is 0.160. The van der Waals surface area contributed by atoms with Crippen LogP contribution in [-0.4, -0.2) is 26.6 Å². The van der Waals surface area contributed by atoms with Gasteiger partial charge >= 0.3 is 0 Å². The summed E-state index contributed by atoms with van der Waals surface area (Å²) in [6, 6.07) is 7.52. The molecule has 0 spiro atoms. The zero-order chi connectivity index (χ0) is 13.6. The first-order chi connectivity index (χ1) is 8.99. The summed E-state index contributed by atoms with van der Waals surface area (Å²) >= 11 is 0. The van der Waals surface area contributed by atoms with Crippen LogP contribution in [0.5, 0.6) is 0 Å². The maximum Gasteiger partial charge on any atom is 0.298 e. The van der Waals surface area contributed by atoms with Gasteiger partial charge in [0.25, 0.3) is 15.9 Å². The Morgan fingerprint density at radius 1 is 1.32 bits per heavy atom. The molecule has 0 aromatic heterocycles. The average Bonchev–Trinajstić information content (AvgIpc) is 2.91. The summed E-state index contributed by atoms with van der Waals surface area (Å²) in [7, 11) is -3.85. The Morgan fingerprint density at radius 3 is 2.74 bits per heavy atom. The first kappa shape index (κ1) is 11.9. The highest BCUT2D eigenvalue weighted by molar-refractivity contribution is 7.94. The van der Waals surface area contributed by atoms with Crippen LogP contribution in [0.2, 0.25) is 0 Å². The van der Waals surface area contributed by atoms with Gasteiger partial charge in [0.2, 0.25) is 0 Å². The second kappa shape index (κ2) is 3.92. The second-order valence-corrected chi connectivity index (χ2v) is 5.94. The van der Waals surface area contributed by atoms with Crippen molar-refractivity contribution in [2.24, 2.45) is 10.1 Å². The quantitative estimate of drug-likeness (QED) is 0.791. The number of nitrogens with two attached hydrogens (primary N) is 1. The number of para-hydroxylation sites is 1. The molecule has 6 nitrogen and oxygen atoms in total. The molecule has 1 aromatic rings. The number of rotatable bonds is 1. The highest BCUT2D eigenvalue weighted by Gasteiger charge is 2.32. The van der Waals surface area contributed by atoms with E-state index in [-0.39, 0.29) is 10.7 Å². The lowest BCUT2D eigenvalue weighted by atomic mass is 10.2. The normalized spacial score (nSPS) is 19.9. The van der Waals surface area contributed by atoms with Gasteiger partial charge < -0.3 is 10.6 Å². The van der Waals surface area contributed by atoms with Gasteiger partial charge in [-0.1, -0.05) is 18.2 Å². The summed E-state index contributed by atoms with van der Waals surface area (Å²) in [6.07, 6.45) is 1.86. The highest BCUT2D eigenvalue weighted by Crippen LogP contribution is 2.28. The number of fused-ring (bicyclic) bond motifs is 1. The van der Waals surface area contributed by atoms with Crippen LogP contribution in [0.25, 0.3) is 0 Å². The number of benzene rings is 1. The molecule has 1 amide bonds. The van der Waals surface area contributed by atoms with E-state index in [1.807, 2.05) is 24.3 Å². The molecule has 3 rings (SSSR count). The molecule has 0 bridgehead atoms. The number of carbonyl (C=O) groups excluding carboxylic acids is 1. The molecule has 0 unspecified atom stereocenters. The van der Waals surface area contributed by atoms with E-state index in [9.17, 15) is 13.2 Å². The van der Waals surface area contributed by atoms with Crippen molar-refractivity contribution in [2.45, 2.75) is 6.42 Å². The van der Waals surface area contributed by atoms with E-state index in [4.69, 9.17) is 5.73 Å². The van der Waals surface area contributed by atoms with E-state index in [1.165, 1.54) is 4.90 Å². The van der Waals surface area contributed by atoms with Gasteiger partial charge in [-0.3, -0.25) is 4.79 Å². The molecule has 2 aliphatic rings. The van der Waals surface area contributed by atoms with E-state index in [1.54, 1.807) is 0 Å². The van der Waals surface area contributed by atoms with E-state index in [0.717, 1.165) is 23.7 Å². The molecule has 0 saturated carbocycles. The van der Waals surface area contributed by atoms with E-state index in [0.29, 0.717) is 6.54 Å². The molecule has 0 aliphatic carbocycles. The van der Waals surface area contributed by atoms with Crippen LogP contribution in [0.4, 0.5) is 5.69 Å². The summed E-state index contributed by atoms with van der Waals surface area (Å²) in [5, 5.41) is -0.386. The molecule has 2 N–H and O–H groups in total. The zero-order valence-corrected chi connectivity index (χ0v) is 10.7. The number of hydrogen-bond acceptors (Lipinski definition) is 4. The number of anilines is 1. The van der Waals surface area contributed by atoms with Crippen molar-refractivity contribution in [3.05, 3.63) is 40.9 Å². The number of carbonyl (C=O) groups is 1. The summed E-state index contributed by atoms with van der Waals surface area (Å²) in [5.41, 5.74) is 7.05. The Hall–Kier alpha value is -2.15. The van der Waals surface area contributed by atoms with Crippen molar-refractivity contribution in [2.75, 3.05) is 11.4 Å². The topological polar surface area (TPSA) is 92.8 Å². The van der Waals surface area contributed by atoms with Crippen molar-refractivity contribution in [3.63, 3.8) is 0 Å². The minimum Gasteiger partial charge on any atom is -0.388 e. The standard InChI is InChI=1S/C12H11N3O3S/c13-11-7-9(14-19(11,17)18)12(16)15-6-5-8-3-1-2-4-10(8)15/h1-4,7H,5-6,13H2. The van der Waals surface area contributed by atoms with Gasteiger partial charge in [0.1, 0.15) is 5.71 Å². The van der Waals surface area contributed by atoms with E-state index >= 15 is 0 Å². The minimum atomic E-state index is -3.85. The monoisotopic (exact) mass is 277 g/mol. The average molecular weight is 277 g/mol. The van der Waals surface area contributed by atoms with E-state index < -0.39 is 15.9 Å². The molecule has 7 heteroatoms. The molecule has 0 fully saturated rings. The van der Waals surface area contributed by atoms with Gasteiger partial charge in [0.05, 0.1) is 0 Å². The van der Waals surface area contributed by atoms with Gasteiger partial charge in [-0.05, 0) is 18.1 Å². The molecular formula is C12H11N3O3S. The third kappa shape index (κ3) is 1.82. The summed E-state index contributed by atoms with van der Waals surface area (Å²) in [6.45, 7) is 0.519. The molecular weight excluding hydrogens is 266 g/mol. The maximum absolute atomic E-state index is 12.3. The Balaban J connectivity index is 1.97. The fourth-order valence-corrected chi connectivity index (χ4v) is 2.96. The Morgan fingerprint density at radius 2 is 2.05 bits per heavy atom. The van der Waals surface area contributed by atoms with Crippen LogP contribution >= 0.6 is 0 Å². The van der Waals surface area contributed by atoms with Gasteiger partial charge in [-0.2, -0.15) is 12.8 Å². The lowest BCUT2D eigenvalue weighted by Gasteiger charge is -2.15. The summed E-state index contributed by atoms with van der Waals surface area (Å²) in [4.78, 5) is 13.8. The molecule has 1 aromatic carbocycles. The molecule has 19 heavy (non-hydrogen) atoms. The Bertz CT molecular complexity index is 734. The van der Waals surface area contributed by atoms with Gasteiger partial charge in [-0.15, -0.1) is 0 Å². The SMILES string of the molecule is NC1=CC(C(=O)N2CCc3ccccc32)=NS1(=O)=O. The third-order valence-electron chi connectivity index (χ3n) is 3.15. The molecule has 0 saturated heterocycles. The second-order valence-electron chi connectivity index (χ2n) is 4.33. The smallest absolute Gasteiger partial charge is 0.298 e. The Kier molecular flexibility index (Phi) is 2.46. The first-order valence-corrected chi connectivity index (χ1v) is 7.15. The number of amides is 1. The lowest BCUT2D eigenvalue weighted by molar-refractivity contribution is -0.112. The minimum absolute atomic E-state index is 0.130. The van der Waals surface area contributed by atoms with Crippen LogP contribution < -0.4 is 10.6 Å². The number of hydrogen-bond donors (Lipinski definition) is 1. The first-order valence-electron chi connectivity index (χ1n) is 5.71. The molecule has 2 aliphatic heterocycles. The van der Waals surface area contributed by atoms with Gasteiger partial charge in [0, 0.05) is 18.3 Å². The summed E-state index contributed by atoms with van der Waals surface area (Å²) < 4.78 is 26.2. The fourth-order valence-electron chi connectivity index (χ4n) is 2.21. The van der Waals surface area contributed by atoms with Crippen LogP contribution in [0, 0.1) is 0 Å². The van der Waals surface area contributed by atoms with Crippen molar-refractivity contribution >= 4 is 27.3 Å². The number of sulfonamides is 1. The van der Waals surface area contributed by atoms with E-state index in [2.05, 4.69) is 4.40 Å². The van der Waals surface area contributed by atoms with Crippen molar-refractivity contribution in [3.8, 4) is 0 Å². The third-order valence-corrected chi connectivity index (χ3v) is 4.30. The van der Waals surface area contributed by atoms with Crippen molar-refractivity contribution in [1.29, 1.82) is 0 Å². The van der Waals surface area contributed by atoms with Gasteiger partial charge in [0.15, 0.2) is 5.03 Å². The highest BCUT2D eigenvalue weighted by atomic mass is 32.2. The lowest BCUT2D eigenvalue weighted by Crippen LogP contribution is -2.34. The number of nitrogens with zero attached hydrogens (tertiary/aromatic N) is 2. The van der Waals surface area contributed by atoms with Crippen LogP contribution in [-0.2, 0) is 21.2 Å². The predicted molar refractivity (Wildman–Crippen MR) is 71.1 cm³/mol. The molecule has 0 atom stereocenters. The van der Waals surface area contributed by atoms with Crippen molar-refractivity contribution in [1.82, 2.24) is 0 Å². The van der Waals surface area contributed by atoms with Gasteiger partial charge in [-0.25, -0.2) is 0 Å². The van der Waals surface area contributed by atoms with Crippen molar-refractivity contribution < 1.29 is 13.2 Å². The molecule has 2 heterocycles. The largest absolute Gasteiger partial charge is 0.388 e. The molecule has 0 radical (unpaired) electrons. The van der Waals surface area contributed by atoms with Crippen LogP contribution in [0.3, 0.4) is 0 Å². The zero-order valence-electron chi connectivity index (χ0n) is 9.91. The maximum atomic E-state index is 12.3. The summed E-state index contributed by atoms with van der Waals surface area (Å²) in [5.74, 6) is -0.436.